The first-order valence-electron chi connectivity index (χ1n) is 11.6. The topological polar surface area (TPSA) is 29.5 Å². The molecule has 1 saturated heterocycles. The van der Waals surface area contributed by atoms with Gasteiger partial charge in [0, 0.05) is 30.8 Å². The predicted molar refractivity (Wildman–Crippen MR) is 112 cm³/mol. The van der Waals surface area contributed by atoms with Crippen LogP contribution in [-0.2, 0) is 16.6 Å². The average Bonchev–Trinajstić information content (AvgIpc) is 2.65. The molecule has 3 nitrogen and oxygen atoms in total. The van der Waals surface area contributed by atoms with Gasteiger partial charge in [0.15, 0.2) is 0 Å². The highest BCUT2D eigenvalue weighted by Gasteiger charge is 2.58. The van der Waals surface area contributed by atoms with Gasteiger partial charge in [0.25, 0.3) is 0 Å². The number of ether oxygens (including phenoxy) is 1. The van der Waals surface area contributed by atoms with Gasteiger partial charge in [0.05, 0.1) is 7.11 Å². The summed E-state index contributed by atoms with van der Waals surface area (Å²) >= 11 is 0. The van der Waals surface area contributed by atoms with Crippen molar-refractivity contribution in [3.05, 3.63) is 29.3 Å². The van der Waals surface area contributed by atoms with Gasteiger partial charge in [-0.1, -0.05) is 25.8 Å². The van der Waals surface area contributed by atoms with Crippen LogP contribution in [0.15, 0.2) is 18.2 Å². The predicted octanol–water partition coefficient (Wildman–Crippen LogP) is 4.76. The van der Waals surface area contributed by atoms with Gasteiger partial charge >= 0.3 is 0 Å². The van der Waals surface area contributed by atoms with Crippen molar-refractivity contribution in [1.82, 2.24) is 4.90 Å². The summed E-state index contributed by atoms with van der Waals surface area (Å²) in [5.41, 5.74) is 2.98. The standard InChI is InChI=1S/C25H35NO2/c1-3-5-19-12-20(27)15-25-10-11-26(16-17-6-4-7-17)23(24(19)25)13-18-8-9-21(28-2)14-22(18)25/h8-9,14,17,19,23-24H,3-7,10-13,15-16H2,1-2H3/t19-,23?,24-,25?/m1/s1. The third-order valence-electron chi connectivity index (χ3n) is 8.54. The van der Waals surface area contributed by atoms with E-state index in [1.54, 1.807) is 7.11 Å². The summed E-state index contributed by atoms with van der Waals surface area (Å²) in [6.07, 6.45) is 10.5. The monoisotopic (exact) mass is 381 g/mol. The Morgan fingerprint density at radius 3 is 2.82 bits per heavy atom. The summed E-state index contributed by atoms with van der Waals surface area (Å²) in [4.78, 5) is 15.8. The molecule has 0 radical (unpaired) electrons. The van der Waals surface area contributed by atoms with E-state index >= 15 is 0 Å². The van der Waals surface area contributed by atoms with Crippen LogP contribution in [0.5, 0.6) is 5.75 Å². The van der Waals surface area contributed by atoms with Crippen molar-refractivity contribution in [3.63, 3.8) is 0 Å². The minimum atomic E-state index is 0.0536. The van der Waals surface area contributed by atoms with Crippen molar-refractivity contribution in [2.75, 3.05) is 20.2 Å². The first-order chi connectivity index (χ1) is 13.6. The zero-order valence-corrected chi connectivity index (χ0v) is 17.6. The van der Waals surface area contributed by atoms with E-state index in [9.17, 15) is 4.79 Å². The zero-order valence-electron chi connectivity index (χ0n) is 17.6. The van der Waals surface area contributed by atoms with Crippen molar-refractivity contribution in [2.24, 2.45) is 17.8 Å². The molecule has 0 N–H and O–H groups in total. The highest BCUT2D eigenvalue weighted by Crippen LogP contribution is 2.58. The molecule has 2 unspecified atom stereocenters. The molecule has 4 aliphatic rings. The number of hydrogen-bond donors (Lipinski definition) is 0. The molecule has 2 bridgehead atoms. The number of carbonyl (C=O) groups excluding carboxylic acids is 1. The summed E-state index contributed by atoms with van der Waals surface area (Å²) in [6, 6.07) is 7.32. The van der Waals surface area contributed by atoms with E-state index in [4.69, 9.17) is 4.74 Å². The molecule has 3 fully saturated rings. The fourth-order valence-electron chi connectivity index (χ4n) is 7.19. The van der Waals surface area contributed by atoms with E-state index < -0.39 is 0 Å². The molecule has 2 saturated carbocycles. The molecule has 0 spiro atoms. The number of carbonyl (C=O) groups is 1. The van der Waals surface area contributed by atoms with E-state index in [2.05, 4.69) is 30.0 Å². The number of likely N-dealkylation sites (tertiary alicyclic amines) is 1. The van der Waals surface area contributed by atoms with Crippen LogP contribution < -0.4 is 4.74 Å². The maximum Gasteiger partial charge on any atom is 0.134 e. The lowest BCUT2D eigenvalue weighted by Gasteiger charge is -2.61. The van der Waals surface area contributed by atoms with Crippen LogP contribution in [0.1, 0.15) is 69.4 Å². The molecule has 1 aliphatic heterocycles. The minimum Gasteiger partial charge on any atom is -0.497 e. The number of hydrogen-bond acceptors (Lipinski definition) is 3. The molecule has 0 aromatic heterocycles. The first-order valence-corrected chi connectivity index (χ1v) is 11.6. The van der Waals surface area contributed by atoms with Crippen molar-refractivity contribution in [3.8, 4) is 5.75 Å². The average molecular weight is 382 g/mol. The fraction of sp³-hybridized carbons (Fsp3) is 0.720. The summed E-state index contributed by atoms with van der Waals surface area (Å²) in [6.45, 7) is 4.74. The number of Topliss-reactive ketones (excluding diaryl/α,β-unsaturated/α-hetero) is 1. The lowest BCUT2D eigenvalue weighted by molar-refractivity contribution is -0.132. The minimum absolute atomic E-state index is 0.0536. The van der Waals surface area contributed by atoms with Gasteiger partial charge in [0.1, 0.15) is 11.5 Å². The number of nitrogens with zero attached hydrogens (tertiary/aromatic N) is 1. The molecule has 152 valence electrons. The number of piperidine rings is 1. The second-order valence-electron chi connectivity index (χ2n) is 9.99. The number of ketones is 1. The molecule has 1 aromatic carbocycles. The Kier molecular flexibility index (Phi) is 4.77. The molecule has 1 aromatic rings. The molecule has 1 heterocycles. The quantitative estimate of drug-likeness (QED) is 0.736. The Hall–Kier alpha value is -1.35. The van der Waals surface area contributed by atoms with E-state index in [1.807, 2.05) is 0 Å². The molecule has 3 aliphatic carbocycles. The van der Waals surface area contributed by atoms with Gasteiger partial charge in [-0.2, -0.15) is 0 Å². The largest absolute Gasteiger partial charge is 0.497 e. The highest BCUT2D eigenvalue weighted by atomic mass is 16.5. The molecule has 3 heteroatoms. The Balaban J connectivity index is 1.58. The van der Waals surface area contributed by atoms with Crippen molar-refractivity contribution >= 4 is 5.78 Å². The van der Waals surface area contributed by atoms with E-state index in [-0.39, 0.29) is 5.41 Å². The summed E-state index contributed by atoms with van der Waals surface area (Å²) in [7, 11) is 1.76. The Labute approximate surface area is 169 Å². The normalized spacial score (nSPS) is 35.1. The third-order valence-corrected chi connectivity index (χ3v) is 8.54. The van der Waals surface area contributed by atoms with Crippen LogP contribution >= 0.6 is 0 Å². The number of fused-ring (bicyclic) bond motifs is 1. The van der Waals surface area contributed by atoms with Crippen LogP contribution in [0.25, 0.3) is 0 Å². The highest BCUT2D eigenvalue weighted by molar-refractivity contribution is 5.82. The van der Waals surface area contributed by atoms with Gasteiger partial charge in [-0.25, -0.2) is 0 Å². The molecule has 0 amide bonds. The lowest BCUT2D eigenvalue weighted by atomic mass is 9.48. The van der Waals surface area contributed by atoms with Crippen molar-refractivity contribution in [1.29, 1.82) is 0 Å². The van der Waals surface area contributed by atoms with E-state index in [1.165, 1.54) is 56.3 Å². The first kappa shape index (κ1) is 18.7. The number of methoxy groups -OCH3 is 1. The Bertz CT molecular complexity index is 755. The Morgan fingerprint density at radius 1 is 1.25 bits per heavy atom. The van der Waals surface area contributed by atoms with E-state index in [0.717, 1.165) is 37.4 Å². The van der Waals surface area contributed by atoms with Gasteiger partial charge in [-0.3, -0.25) is 9.69 Å². The van der Waals surface area contributed by atoms with Crippen LogP contribution in [0.3, 0.4) is 0 Å². The van der Waals surface area contributed by atoms with Crippen LogP contribution in [0.2, 0.25) is 0 Å². The second kappa shape index (κ2) is 7.16. The molecule has 5 rings (SSSR count). The van der Waals surface area contributed by atoms with Gasteiger partial charge in [0.2, 0.25) is 0 Å². The van der Waals surface area contributed by atoms with Crippen LogP contribution in [0, 0.1) is 17.8 Å². The van der Waals surface area contributed by atoms with Crippen LogP contribution in [0.4, 0.5) is 0 Å². The number of rotatable bonds is 5. The molecule has 4 atom stereocenters. The summed E-state index contributed by atoms with van der Waals surface area (Å²) in [5, 5.41) is 0. The summed E-state index contributed by atoms with van der Waals surface area (Å²) in [5.74, 6) is 3.56. The fourth-order valence-corrected chi connectivity index (χ4v) is 7.19. The smallest absolute Gasteiger partial charge is 0.134 e. The Morgan fingerprint density at radius 2 is 2.11 bits per heavy atom. The third kappa shape index (κ3) is 2.84. The zero-order chi connectivity index (χ0) is 19.3. The van der Waals surface area contributed by atoms with Gasteiger partial charge < -0.3 is 4.74 Å². The van der Waals surface area contributed by atoms with Crippen molar-refractivity contribution in [2.45, 2.75) is 76.2 Å². The summed E-state index contributed by atoms with van der Waals surface area (Å²) < 4.78 is 5.60. The maximum atomic E-state index is 12.9. The van der Waals surface area contributed by atoms with Gasteiger partial charge in [-0.15, -0.1) is 0 Å². The molecular weight excluding hydrogens is 346 g/mol. The van der Waals surface area contributed by atoms with Crippen LogP contribution in [-0.4, -0.2) is 36.9 Å². The number of benzene rings is 1. The van der Waals surface area contributed by atoms with Crippen molar-refractivity contribution < 1.29 is 9.53 Å². The molecular formula is C25H35NO2. The second-order valence-corrected chi connectivity index (χ2v) is 9.99. The SMILES string of the molecule is CCC[C@@H]1CC(=O)CC23CCN(CC4CCC4)C(Cc4ccc(OC)cc42)[C@@H]13. The van der Waals surface area contributed by atoms with Gasteiger partial charge in [-0.05, 0) is 79.7 Å². The lowest BCUT2D eigenvalue weighted by Crippen LogP contribution is -2.65. The maximum absolute atomic E-state index is 12.9. The molecule has 28 heavy (non-hydrogen) atoms. The van der Waals surface area contributed by atoms with E-state index in [0.29, 0.717) is 23.7 Å².